The number of allylic oxidation sites excluding steroid dienone is 12. The normalized spacial score (nSPS) is 22.7. The van der Waals surface area contributed by atoms with Crippen LogP contribution in [0.4, 0.5) is 0 Å². The number of hydrogen-bond donors (Lipinski definition) is 6. The highest BCUT2D eigenvalue weighted by Gasteiger charge is 2.51. The van der Waals surface area contributed by atoms with Gasteiger partial charge >= 0.3 is 19.8 Å². The van der Waals surface area contributed by atoms with Crippen molar-refractivity contribution in [2.45, 2.75) is 198 Å². The monoisotopic (exact) mass is 883 g/mol. The summed E-state index contributed by atoms with van der Waals surface area (Å²) in [4.78, 5) is 35.6. The maximum atomic E-state index is 12.8. The fraction of sp³-hybridized carbons (Fsp3) is 0.702. The summed E-state index contributed by atoms with van der Waals surface area (Å²) in [5.74, 6) is -1.20. The van der Waals surface area contributed by atoms with Crippen LogP contribution in [-0.4, -0.2) is 98.3 Å². The molecule has 1 saturated carbocycles. The van der Waals surface area contributed by atoms with Crippen molar-refractivity contribution in [1.29, 1.82) is 0 Å². The first-order chi connectivity index (χ1) is 29.4. The summed E-state index contributed by atoms with van der Waals surface area (Å²) < 4.78 is 33.4. The summed E-state index contributed by atoms with van der Waals surface area (Å²) in [6.45, 7) is 3.11. The summed E-state index contributed by atoms with van der Waals surface area (Å²) in [5.41, 5.74) is 0. The van der Waals surface area contributed by atoms with Crippen molar-refractivity contribution in [3.05, 3.63) is 72.9 Å². The Bertz CT molecular complexity index is 1340. The highest BCUT2D eigenvalue weighted by molar-refractivity contribution is 7.47. The molecule has 0 aromatic heterocycles. The highest BCUT2D eigenvalue weighted by Crippen LogP contribution is 2.47. The van der Waals surface area contributed by atoms with Gasteiger partial charge < -0.3 is 39.9 Å². The standard InChI is InChI=1S/C47H79O13P/c1-3-5-7-9-11-13-15-17-18-19-20-21-22-24-26-28-30-32-34-36-41(49)59-39(38-58-61(55,56)60-47-45(53)43(51)42(50)44(52)46(47)54)37-57-40(48)35-33-31-29-27-25-23-16-14-12-10-8-6-4-2/h5,7,11,13,17-18,20-21,24,26,30,32,39,42-47,50-54H,3-4,6,8-10,12,14-16,19,22-23,25,27-29,31,33-38H2,1-2H3,(H,55,56)/b7-5+,13-11+,18-17+,21-20+,26-24+,32-30+/t39-,42?,43+,44?,45?,46?,47?/m1/s1. The zero-order valence-electron chi connectivity index (χ0n) is 36.9. The molecule has 0 aliphatic heterocycles. The largest absolute Gasteiger partial charge is 0.472 e. The van der Waals surface area contributed by atoms with Crippen molar-refractivity contribution in [3.63, 3.8) is 0 Å². The van der Waals surface area contributed by atoms with Gasteiger partial charge in [-0.3, -0.25) is 18.6 Å². The second kappa shape index (κ2) is 36.7. The first-order valence-electron chi connectivity index (χ1n) is 22.7. The van der Waals surface area contributed by atoms with Gasteiger partial charge in [-0.15, -0.1) is 0 Å². The van der Waals surface area contributed by atoms with Gasteiger partial charge in [-0.2, -0.15) is 0 Å². The number of unbranched alkanes of at least 4 members (excludes halogenated alkanes) is 12. The number of rotatable bonds is 36. The van der Waals surface area contributed by atoms with Crippen LogP contribution in [0.1, 0.15) is 155 Å². The molecule has 0 aromatic carbocycles. The zero-order chi connectivity index (χ0) is 45.0. The fourth-order valence-electron chi connectivity index (χ4n) is 6.43. The molecular weight excluding hydrogens is 803 g/mol. The average molecular weight is 883 g/mol. The molecule has 0 aromatic rings. The van der Waals surface area contributed by atoms with E-state index in [0.29, 0.717) is 19.3 Å². The van der Waals surface area contributed by atoms with E-state index in [0.717, 1.165) is 51.4 Å². The van der Waals surface area contributed by atoms with E-state index >= 15 is 0 Å². The lowest BCUT2D eigenvalue weighted by Gasteiger charge is -2.41. The van der Waals surface area contributed by atoms with E-state index in [9.17, 15) is 44.6 Å². The Hall–Kier alpha value is -2.71. The van der Waals surface area contributed by atoms with Crippen LogP contribution in [0, 0.1) is 0 Å². The average Bonchev–Trinajstić information content (AvgIpc) is 3.24. The van der Waals surface area contributed by atoms with E-state index in [1.54, 1.807) is 0 Å². The molecule has 0 bridgehead atoms. The van der Waals surface area contributed by atoms with Crippen LogP contribution in [0.5, 0.6) is 0 Å². The Morgan fingerprint density at radius 3 is 1.39 bits per heavy atom. The van der Waals surface area contributed by atoms with Crippen LogP contribution < -0.4 is 0 Å². The molecule has 6 unspecified atom stereocenters. The summed E-state index contributed by atoms with van der Waals surface area (Å²) >= 11 is 0. The van der Waals surface area contributed by atoms with Gasteiger partial charge in [-0.05, 0) is 51.4 Å². The Morgan fingerprint density at radius 1 is 0.525 bits per heavy atom. The third-order valence-corrected chi connectivity index (χ3v) is 11.1. The molecule has 14 heteroatoms. The van der Waals surface area contributed by atoms with Crippen molar-refractivity contribution in [1.82, 2.24) is 0 Å². The number of hydrogen-bond acceptors (Lipinski definition) is 12. The Labute approximate surface area is 365 Å². The molecule has 0 spiro atoms. The molecule has 6 N–H and O–H groups in total. The lowest BCUT2D eigenvalue weighted by atomic mass is 9.85. The zero-order valence-corrected chi connectivity index (χ0v) is 37.8. The van der Waals surface area contributed by atoms with Gasteiger partial charge in [-0.1, -0.05) is 164 Å². The minimum Gasteiger partial charge on any atom is -0.462 e. The predicted molar refractivity (Wildman–Crippen MR) is 239 cm³/mol. The highest BCUT2D eigenvalue weighted by atomic mass is 31.2. The van der Waals surface area contributed by atoms with Crippen molar-refractivity contribution >= 4 is 19.8 Å². The second-order valence-electron chi connectivity index (χ2n) is 15.5. The summed E-state index contributed by atoms with van der Waals surface area (Å²) in [6.07, 6.45) is 32.6. The number of esters is 2. The molecule has 350 valence electrons. The Kier molecular flexibility index (Phi) is 33.9. The van der Waals surface area contributed by atoms with Crippen LogP contribution in [-0.2, 0) is 32.7 Å². The number of ether oxygens (including phenoxy) is 2. The van der Waals surface area contributed by atoms with Crippen molar-refractivity contribution in [2.24, 2.45) is 0 Å². The maximum absolute atomic E-state index is 12.8. The van der Waals surface area contributed by atoms with Crippen LogP contribution in [0.15, 0.2) is 72.9 Å². The second-order valence-corrected chi connectivity index (χ2v) is 16.9. The van der Waals surface area contributed by atoms with Crippen LogP contribution in [0.3, 0.4) is 0 Å². The molecular formula is C47H79O13P. The summed E-state index contributed by atoms with van der Waals surface area (Å²) in [5, 5.41) is 50.1. The van der Waals surface area contributed by atoms with Crippen molar-refractivity contribution in [2.75, 3.05) is 13.2 Å². The smallest absolute Gasteiger partial charge is 0.462 e. The topological polar surface area (TPSA) is 210 Å². The predicted octanol–water partition coefficient (Wildman–Crippen LogP) is 8.72. The number of phosphoric ester groups is 1. The van der Waals surface area contributed by atoms with Crippen molar-refractivity contribution in [3.8, 4) is 0 Å². The SMILES string of the molecule is CC/C=C/C/C=C/C/C=C/C/C=C/C/C=C/C/C=C/CCC(=O)O[C@H](COC(=O)CCCCCCCCCCCCCCC)COP(=O)(O)OC1C(O)C(O)C(O)[C@H](O)C1O. The van der Waals surface area contributed by atoms with Crippen LogP contribution >= 0.6 is 7.82 Å². The summed E-state index contributed by atoms with van der Waals surface area (Å²) in [6, 6.07) is 0. The number of phosphoric acid groups is 1. The minimum absolute atomic E-state index is 0.0303. The van der Waals surface area contributed by atoms with E-state index in [1.807, 2.05) is 18.2 Å². The van der Waals surface area contributed by atoms with Crippen LogP contribution in [0.2, 0.25) is 0 Å². The molecule has 1 aliphatic rings. The van der Waals surface area contributed by atoms with E-state index in [-0.39, 0.29) is 12.8 Å². The van der Waals surface area contributed by atoms with Gasteiger partial charge in [0, 0.05) is 12.8 Å². The molecule has 1 rings (SSSR count). The third-order valence-electron chi connectivity index (χ3n) is 10.1. The lowest BCUT2D eigenvalue weighted by Crippen LogP contribution is -2.64. The first kappa shape index (κ1) is 56.3. The number of aliphatic hydroxyl groups excluding tert-OH is 5. The van der Waals surface area contributed by atoms with Gasteiger partial charge in [0.15, 0.2) is 6.10 Å². The molecule has 0 amide bonds. The number of carbonyl (C=O) groups is 2. The first-order valence-corrected chi connectivity index (χ1v) is 24.2. The molecule has 13 nitrogen and oxygen atoms in total. The number of aliphatic hydroxyl groups is 5. The maximum Gasteiger partial charge on any atom is 0.472 e. The van der Waals surface area contributed by atoms with Gasteiger partial charge in [-0.25, -0.2) is 4.57 Å². The Balaban J connectivity index is 2.53. The molecule has 61 heavy (non-hydrogen) atoms. The Morgan fingerprint density at radius 2 is 0.934 bits per heavy atom. The molecule has 1 aliphatic carbocycles. The molecule has 8 atom stereocenters. The molecule has 0 radical (unpaired) electrons. The minimum atomic E-state index is -5.14. The third kappa shape index (κ3) is 29.3. The lowest BCUT2D eigenvalue weighted by molar-refractivity contribution is -0.220. The molecule has 0 heterocycles. The molecule has 0 saturated heterocycles. The van der Waals surface area contributed by atoms with E-state index in [4.69, 9.17) is 18.5 Å². The van der Waals surface area contributed by atoms with E-state index in [1.165, 1.54) is 57.8 Å². The van der Waals surface area contributed by atoms with Gasteiger partial charge in [0.1, 0.15) is 43.2 Å². The summed E-state index contributed by atoms with van der Waals surface area (Å²) in [7, 11) is -5.14. The van der Waals surface area contributed by atoms with E-state index < -0.39 is 75.7 Å². The fourth-order valence-corrected chi connectivity index (χ4v) is 7.40. The van der Waals surface area contributed by atoms with Gasteiger partial charge in [0.05, 0.1) is 6.61 Å². The van der Waals surface area contributed by atoms with E-state index in [2.05, 4.69) is 68.5 Å². The van der Waals surface area contributed by atoms with Gasteiger partial charge in [0.25, 0.3) is 0 Å². The van der Waals surface area contributed by atoms with Gasteiger partial charge in [0.2, 0.25) is 0 Å². The number of carbonyl (C=O) groups excluding carboxylic acids is 2. The molecule has 1 fully saturated rings. The van der Waals surface area contributed by atoms with Crippen LogP contribution in [0.25, 0.3) is 0 Å². The van der Waals surface area contributed by atoms with Crippen molar-refractivity contribution < 1.29 is 63.1 Å². The quantitative estimate of drug-likeness (QED) is 0.0151.